The lowest BCUT2D eigenvalue weighted by Gasteiger charge is -2.44. The molecule has 0 aromatic heterocycles. The number of carbonyl (C=O) groups excluding carboxylic acids is 2. The molecule has 0 radical (unpaired) electrons. The SMILES string of the molecule is COc1ccccc1CN1CCN(C2(c3ccc4c(c3)CCC4)C(=O)c3ccccc3C2=O)CC1. The number of hydrogen-bond donors (Lipinski definition) is 0. The minimum atomic E-state index is -1.27. The van der Waals surface area contributed by atoms with Crippen LogP contribution in [-0.4, -0.2) is 54.7 Å². The number of rotatable bonds is 5. The van der Waals surface area contributed by atoms with Gasteiger partial charge in [0.1, 0.15) is 5.75 Å². The number of methoxy groups -OCH3 is 1. The molecule has 6 rings (SSSR count). The van der Waals surface area contributed by atoms with E-state index in [1.54, 1.807) is 7.11 Å². The summed E-state index contributed by atoms with van der Waals surface area (Å²) in [7, 11) is 1.70. The van der Waals surface area contributed by atoms with Crippen LogP contribution >= 0.6 is 0 Å². The number of carbonyl (C=O) groups is 2. The molecular formula is C30H30N2O3. The predicted molar refractivity (Wildman–Crippen MR) is 135 cm³/mol. The zero-order valence-electron chi connectivity index (χ0n) is 20.1. The van der Waals surface area contributed by atoms with E-state index in [2.05, 4.69) is 28.0 Å². The zero-order chi connectivity index (χ0) is 24.0. The number of benzene rings is 3. The van der Waals surface area contributed by atoms with E-state index in [9.17, 15) is 9.59 Å². The molecule has 35 heavy (non-hydrogen) atoms. The van der Waals surface area contributed by atoms with Gasteiger partial charge in [0.15, 0.2) is 17.1 Å². The van der Waals surface area contributed by atoms with Crippen LogP contribution in [0.3, 0.4) is 0 Å². The zero-order valence-corrected chi connectivity index (χ0v) is 20.1. The molecule has 2 aliphatic carbocycles. The van der Waals surface area contributed by atoms with Crippen LogP contribution in [0.15, 0.2) is 66.7 Å². The summed E-state index contributed by atoms with van der Waals surface area (Å²) in [4.78, 5) is 32.7. The van der Waals surface area contributed by atoms with Crippen molar-refractivity contribution in [3.05, 3.63) is 100 Å². The fourth-order valence-corrected chi connectivity index (χ4v) is 6.22. The molecule has 3 aliphatic rings. The summed E-state index contributed by atoms with van der Waals surface area (Å²) in [6.45, 7) is 3.64. The molecule has 1 aliphatic heterocycles. The van der Waals surface area contributed by atoms with E-state index < -0.39 is 5.54 Å². The standard InChI is InChI=1S/C30H30N2O3/c1-35-27-12-5-2-7-23(27)20-31-15-17-32(18-16-31)30(24-14-13-21-8-6-9-22(21)19-24)28(33)25-10-3-4-11-26(25)29(30)34/h2-5,7,10-14,19H,6,8-9,15-18,20H2,1H3. The van der Waals surface area contributed by atoms with Gasteiger partial charge in [-0.2, -0.15) is 0 Å². The lowest BCUT2D eigenvalue weighted by Crippen LogP contribution is -2.60. The van der Waals surface area contributed by atoms with Gasteiger partial charge in [-0.15, -0.1) is 0 Å². The second-order valence-corrected chi connectivity index (χ2v) is 9.83. The van der Waals surface area contributed by atoms with Crippen molar-refractivity contribution in [3.63, 3.8) is 0 Å². The first kappa shape index (κ1) is 22.2. The maximum atomic E-state index is 14.1. The Bertz CT molecular complexity index is 1270. The van der Waals surface area contributed by atoms with E-state index in [0.717, 1.165) is 55.8 Å². The van der Waals surface area contributed by atoms with Gasteiger partial charge in [0.05, 0.1) is 7.11 Å². The Morgan fingerprint density at radius 3 is 2.17 bits per heavy atom. The van der Waals surface area contributed by atoms with Crippen LogP contribution in [0.25, 0.3) is 0 Å². The number of fused-ring (bicyclic) bond motifs is 2. The number of Topliss-reactive ketones (excluding diaryl/α,β-unsaturated/α-hetero) is 2. The fourth-order valence-electron chi connectivity index (χ4n) is 6.22. The number of hydrogen-bond acceptors (Lipinski definition) is 5. The summed E-state index contributed by atoms with van der Waals surface area (Å²) in [5.41, 5.74) is 4.45. The number of nitrogens with zero attached hydrogens (tertiary/aromatic N) is 2. The van der Waals surface area contributed by atoms with Crippen molar-refractivity contribution in [3.8, 4) is 5.75 Å². The topological polar surface area (TPSA) is 49.9 Å². The van der Waals surface area contributed by atoms with Crippen LogP contribution in [0.1, 0.15) is 49.4 Å². The van der Waals surface area contributed by atoms with E-state index in [4.69, 9.17) is 4.74 Å². The minimum Gasteiger partial charge on any atom is -0.496 e. The Morgan fingerprint density at radius 2 is 1.46 bits per heavy atom. The smallest absolute Gasteiger partial charge is 0.196 e. The van der Waals surface area contributed by atoms with Crippen LogP contribution in [0.2, 0.25) is 0 Å². The summed E-state index contributed by atoms with van der Waals surface area (Å²) in [5.74, 6) is 0.740. The van der Waals surface area contributed by atoms with Crippen molar-refractivity contribution >= 4 is 11.6 Å². The normalized spacial score (nSPS) is 19.6. The maximum absolute atomic E-state index is 14.1. The molecule has 3 aromatic carbocycles. The first-order chi connectivity index (χ1) is 17.1. The second-order valence-electron chi connectivity index (χ2n) is 9.83. The van der Waals surface area contributed by atoms with Crippen LogP contribution in [0.4, 0.5) is 0 Å². The molecule has 1 heterocycles. The summed E-state index contributed by atoms with van der Waals surface area (Å²) >= 11 is 0. The third-order valence-corrected chi connectivity index (χ3v) is 8.02. The maximum Gasteiger partial charge on any atom is 0.196 e. The molecule has 1 fully saturated rings. The molecule has 0 spiro atoms. The van der Waals surface area contributed by atoms with Crippen molar-refractivity contribution < 1.29 is 14.3 Å². The van der Waals surface area contributed by atoms with E-state index in [1.807, 2.05) is 48.5 Å². The average Bonchev–Trinajstić information content (AvgIpc) is 3.46. The van der Waals surface area contributed by atoms with Gasteiger partial charge in [-0.25, -0.2) is 0 Å². The molecule has 178 valence electrons. The number of ether oxygens (including phenoxy) is 1. The van der Waals surface area contributed by atoms with Gasteiger partial charge in [0.25, 0.3) is 0 Å². The first-order valence-electron chi connectivity index (χ1n) is 12.5. The van der Waals surface area contributed by atoms with E-state index in [1.165, 1.54) is 11.1 Å². The molecule has 0 N–H and O–H groups in total. The average molecular weight is 467 g/mol. The Hall–Kier alpha value is -3.28. The quantitative estimate of drug-likeness (QED) is 0.526. The predicted octanol–water partition coefficient (Wildman–Crippen LogP) is 4.28. The highest BCUT2D eigenvalue weighted by molar-refractivity contribution is 6.32. The Labute approximate surface area is 206 Å². The lowest BCUT2D eigenvalue weighted by molar-refractivity contribution is 0.0278. The molecule has 0 amide bonds. The minimum absolute atomic E-state index is 0.0748. The summed E-state index contributed by atoms with van der Waals surface area (Å²) < 4.78 is 5.54. The highest BCUT2D eigenvalue weighted by Crippen LogP contribution is 2.44. The van der Waals surface area contributed by atoms with Gasteiger partial charge in [0.2, 0.25) is 0 Å². The van der Waals surface area contributed by atoms with E-state index >= 15 is 0 Å². The van der Waals surface area contributed by atoms with Crippen molar-refractivity contribution in [1.82, 2.24) is 9.80 Å². The number of para-hydroxylation sites is 1. The fraction of sp³-hybridized carbons (Fsp3) is 0.333. The summed E-state index contributed by atoms with van der Waals surface area (Å²) in [6, 6.07) is 21.7. The van der Waals surface area contributed by atoms with Crippen molar-refractivity contribution in [2.24, 2.45) is 0 Å². The van der Waals surface area contributed by atoms with Gasteiger partial charge < -0.3 is 4.74 Å². The summed E-state index contributed by atoms with van der Waals surface area (Å²) in [5, 5.41) is 0. The number of piperazine rings is 1. The van der Waals surface area contributed by atoms with Gasteiger partial charge in [0, 0.05) is 49.4 Å². The molecule has 5 heteroatoms. The van der Waals surface area contributed by atoms with Crippen LogP contribution in [0.5, 0.6) is 5.75 Å². The van der Waals surface area contributed by atoms with Crippen LogP contribution in [-0.2, 0) is 24.9 Å². The van der Waals surface area contributed by atoms with E-state index in [0.29, 0.717) is 24.2 Å². The van der Waals surface area contributed by atoms with Crippen molar-refractivity contribution in [1.29, 1.82) is 0 Å². The Balaban J connectivity index is 1.34. The molecule has 5 nitrogen and oxygen atoms in total. The number of aryl methyl sites for hydroxylation is 2. The van der Waals surface area contributed by atoms with E-state index in [-0.39, 0.29) is 11.6 Å². The van der Waals surface area contributed by atoms with Crippen molar-refractivity contribution in [2.45, 2.75) is 31.3 Å². The van der Waals surface area contributed by atoms with Gasteiger partial charge in [-0.05, 0) is 42.0 Å². The Morgan fingerprint density at radius 1 is 0.800 bits per heavy atom. The van der Waals surface area contributed by atoms with Gasteiger partial charge in [-0.1, -0.05) is 60.7 Å². The molecule has 0 unspecified atom stereocenters. The monoisotopic (exact) mass is 466 g/mol. The lowest BCUT2D eigenvalue weighted by atomic mass is 9.81. The largest absolute Gasteiger partial charge is 0.496 e. The van der Waals surface area contributed by atoms with Crippen molar-refractivity contribution in [2.75, 3.05) is 33.3 Å². The third-order valence-electron chi connectivity index (χ3n) is 8.02. The van der Waals surface area contributed by atoms with Gasteiger partial charge >= 0.3 is 0 Å². The highest BCUT2D eigenvalue weighted by Gasteiger charge is 2.58. The molecule has 0 saturated carbocycles. The molecule has 3 aromatic rings. The van der Waals surface area contributed by atoms with Gasteiger partial charge in [-0.3, -0.25) is 19.4 Å². The number of ketones is 2. The third kappa shape index (κ3) is 3.45. The molecule has 0 bridgehead atoms. The van der Waals surface area contributed by atoms with Crippen LogP contribution in [0, 0.1) is 0 Å². The first-order valence-corrected chi connectivity index (χ1v) is 12.5. The second kappa shape index (κ2) is 8.74. The summed E-state index contributed by atoms with van der Waals surface area (Å²) in [6.07, 6.45) is 3.23. The molecule has 0 atom stereocenters. The highest BCUT2D eigenvalue weighted by atomic mass is 16.5. The molecular weight excluding hydrogens is 436 g/mol. The molecule has 1 saturated heterocycles. The Kier molecular flexibility index (Phi) is 5.54. The van der Waals surface area contributed by atoms with Crippen LogP contribution < -0.4 is 4.74 Å².